The van der Waals surface area contributed by atoms with E-state index in [4.69, 9.17) is 5.26 Å². The van der Waals surface area contributed by atoms with E-state index in [0.717, 1.165) is 29.5 Å². The second-order valence-corrected chi connectivity index (χ2v) is 6.41. The standard InChI is InChI=1S/C22H19F2N3/c1-2-3-17-13-26-22(27-14-17)18-8-6-15(7-9-18)4-5-16-10-20(23)19(12-25)21(24)11-16/h6-11,13-14H,2-5H2,1H3. The monoisotopic (exact) mass is 363 g/mol. The highest BCUT2D eigenvalue weighted by atomic mass is 19.1. The minimum Gasteiger partial charge on any atom is -0.236 e. The average molecular weight is 363 g/mol. The van der Waals surface area contributed by atoms with Gasteiger partial charge in [0, 0.05) is 18.0 Å². The zero-order chi connectivity index (χ0) is 19.2. The molecule has 0 spiro atoms. The van der Waals surface area contributed by atoms with Gasteiger partial charge in [0.2, 0.25) is 0 Å². The zero-order valence-corrected chi connectivity index (χ0v) is 15.0. The number of hydrogen-bond acceptors (Lipinski definition) is 3. The number of aromatic nitrogens is 2. The molecule has 0 radical (unpaired) electrons. The van der Waals surface area contributed by atoms with Gasteiger partial charge in [-0.3, -0.25) is 0 Å². The molecule has 27 heavy (non-hydrogen) atoms. The Bertz CT molecular complexity index is 935. The molecule has 0 atom stereocenters. The molecule has 0 aliphatic carbocycles. The van der Waals surface area contributed by atoms with Crippen molar-refractivity contribution >= 4 is 0 Å². The Morgan fingerprint density at radius 3 is 2.00 bits per heavy atom. The third kappa shape index (κ3) is 4.53. The van der Waals surface area contributed by atoms with Crippen molar-refractivity contribution in [3.8, 4) is 17.5 Å². The Balaban J connectivity index is 1.67. The number of nitriles is 1. The van der Waals surface area contributed by atoms with Crippen LogP contribution in [-0.2, 0) is 19.3 Å². The zero-order valence-electron chi connectivity index (χ0n) is 15.0. The van der Waals surface area contributed by atoms with E-state index in [0.29, 0.717) is 24.2 Å². The summed E-state index contributed by atoms with van der Waals surface area (Å²) in [6.45, 7) is 2.12. The molecular weight excluding hydrogens is 344 g/mol. The van der Waals surface area contributed by atoms with E-state index < -0.39 is 17.2 Å². The molecule has 5 heteroatoms. The molecule has 1 heterocycles. The number of halogens is 2. The van der Waals surface area contributed by atoms with Crippen molar-refractivity contribution in [3.05, 3.63) is 82.7 Å². The van der Waals surface area contributed by atoms with Gasteiger partial charge in [0.25, 0.3) is 0 Å². The van der Waals surface area contributed by atoms with Crippen LogP contribution in [-0.4, -0.2) is 9.97 Å². The summed E-state index contributed by atoms with van der Waals surface area (Å²) in [6, 6.07) is 11.8. The van der Waals surface area contributed by atoms with E-state index in [1.54, 1.807) is 0 Å². The number of aryl methyl sites for hydroxylation is 3. The fourth-order valence-electron chi connectivity index (χ4n) is 2.91. The van der Waals surface area contributed by atoms with E-state index in [-0.39, 0.29) is 0 Å². The Labute approximate surface area is 157 Å². The fraction of sp³-hybridized carbons (Fsp3) is 0.227. The third-order valence-corrected chi connectivity index (χ3v) is 4.37. The lowest BCUT2D eigenvalue weighted by Gasteiger charge is -2.06. The molecule has 3 aromatic rings. The van der Waals surface area contributed by atoms with Crippen molar-refractivity contribution in [1.82, 2.24) is 9.97 Å². The number of nitrogens with zero attached hydrogens (tertiary/aromatic N) is 3. The Kier molecular flexibility index (Phi) is 5.87. The predicted octanol–water partition coefficient (Wildman–Crippen LogP) is 5.03. The first-order chi connectivity index (χ1) is 13.1. The van der Waals surface area contributed by atoms with Crippen LogP contribution in [0.4, 0.5) is 8.78 Å². The molecule has 0 amide bonds. The van der Waals surface area contributed by atoms with Crippen LogP contribution in [0, 0.1) is 23.0 Å². The molecule has 0 bridgehead atoms. The van der Waals surface area contributed by atoms with Gasteiger partial charge >= 0.3 is 0 Å². The van der Waals surface area contributed by atoms with E-state index in [9.17, 15) is 8.78 Å². The summed E-state index contributed by atoms with van der Waals surface area (Å²) in [7, 11) is 0. The Morgan fingerprint density at radius 2 is 1.44 bits per heavy atom. The molecule has 2 aromatic carbocycles. The first-order valence-electron chi connectivity index (χ1n) is 8.89. The van der Waals surface area contributed by atoms with Crippen LogP contribution in [0.3, 0.4) is 0 Å². The van der Waals surface area contributed by atoms with Crippen LogP contribution in [0.25, 0.3) is 11.4 Å². The summed E-state index contributed by atoms with van der Waals surface area (Å²) >= 11 is 0. The normalized spacial score (nSPS) is 10.6. The fourth-order valence-corrected chi connectivity index (χ4v) is 2.91. The van der Waals surface area contributed by atoms with E-state index >= 15 is 0 Å². The van der Waals surface area contributed by atoms with Crippen LogP contribution >= 0.6 is 0 Å². The predicted molar refractivity (Wildman–Crippen MR) is 99.9 cm³/mol. The van der Waals surface area contributed by atoms with Crippen molar-refractivity contribution in [2.45, 2.75) is 32.6 Å². The largest absolute Gasteiger partial charge is 0.236 e. The maximum atomic E-state index is 13.7. The highest BCUT2D eigenvalue weighted by Crippen LogP contribution is 2.19. The van der Waals surface area contributed by atoms with Crippen LogP contribution in [0.5, 0.6) is 0 Å². The van der Waals surface area contributed by atoms with Gasteiger partial charge in [-0.25, -0.2) is 18.7 Å². The topological polar surface area (TPSA) is 49.6 Å². The Morgan fingerprint density at radius 1 is 0.852 bits per heavy atom. The van der Waals surface area contributed by atoms with Crippen LogP contribution in [0.15, 0.2) is 48.8 Å². The minimum absolute atomic E-state index is 0.487. The first kappa shape index (κ1) is 18.7. The van der Waals surface area contributed by atoms with Crippen molar-refractivity contribution in [1.29, 1.82) is 5.26 Å². The molecule has 0 saturated heterocycles. The van der Waals surface area contributed by atoms with Crippen molar-refractivity contribution < 1.29 is 8.78 Å². The van der Waals surface area contributed by atoms with Gasteiger partial charge in [0.05, 0.1) is 0 Å². The average Bonchev–Trinajstić information content (AvgIpc) is 2.67. The smallest absolute Gasteiger partial charge is 0.159 e. The lowest BCUT2D eigenvalue weighted by Crippen LogP contribution is -1.97. The van der Waals surface area contributed by atoms with Gasteiger partial charge in [-0.1, -0.05) is 37.6 Å². The maximum absolute atomic E-state index is 13.7. The van der Waals surface area contributed by atoms with Crippen molar-refractivity contribution in [3.63, 3.8) is 0 Å². The molecule has 0 aliphatic rings. The van der Waals surface area contributed by atoms with E-state index in [1.165, 1.54) is 18.2 Å². The molecule has 0 N–H and O–H groups in total. The number of benzene rings is 2. The highest BCUT2D eigenvalue weighted by Gasteiger charge is 2.10. The lowest BCUT2D eigenvalue weighted by atomic mass is 10.0. The van der Waals surface area contributed by atoms with Gasteiger partial charge in [-0.15, -0.1) is 0 Å². The second-order valence-electron chi connectivity index (χ2n) is 6.41. The van der Waals surface area contributed by atoms with Crippen LogP contribution < -0.4 is 0 Å². The van der Waals surface area contributed by atoms with E-state index in [1.807, 2.05) is 36.7 Å². The lowest BCUT2D eigenvalue weighted by molar-refractivity contribution is 0.573. The van der Waals surface area contributed by atoms with Gasteiger partial charge < -0.3 is 0 Å². The van der Waals surface area contributed by atoms with Gasteiger partial charge in [0.15, 0.2) is 5.82 Å². The molecule has 0 unspecified atom stereocenters. The van der Waals surface area contributed by atoms with Crippen molar-refractivity contribution in [2.24, 2.45) is 0 Å². The second kappa shape index (κ2) is 8.50. The molecule has 0 saturated carbocycles. The molecule has 0 fully saturated rings. The minimum atomic E-state index is -0.813. The summed E-state index contributed by atoms with van der Waals surface area (Å²) in [6.07, 6.45) is 6.87. The summed E-state index contributed by atoms with van der Waals surface area (Å²) in [5, 5.41) is 8.72. The maximum Gasteiger partial charge on any atom is 0.159 e. The van der Waals surface area contributed by atoms with Gasteiger partial charge in [0.1, 0.15) is 23.3 Å². The van der Waals surface area contributed by atoms with Crippen molar-refractivity contribution in [2.75, 3.05) is 0 Å². The molecule has 3 nitrogen and oxygen atoms in total. The summed E-state index contributed by atoms with van der Waals surface area (Å²) in [4.78, 5) is 8.81. The Hall–Kier alpha value is -3.13. The first-order valence-corrected chi connectivity index (χ1v) is 8.89. The molecule has 0 aliphatic heterocycles. The summed E-state index contributed by atoms with van der Waals surface area (Å²) in [5.41, 5.74) is 3.10. The molecule has 136 valence electrons. The summed E-state index contributed by atoms with van der Waals surface area (Å²) in [5.74, 6) is -0.948. The highest BCUT2D eigenvalue weighted by molar-refractivity contribution is 5.55. The molecular formula is C22H19F2N3. The van der Waals surface area contributed by atoms with Crippen LogP contribution in [0.1, 0.15) is 35.6 Å². The van der Waals surface area contributed by atoms with E-state index in [2.05, 4.69) is 16.9 Å². The molecule has 1 aromatic heterocycles. The quantitative estimate of drug-likeness (QED) is 0.617. The van der Waals surface area contributed by atoms with Gasteiger partial charge in [-0.2, -0.15) is 5.26 Å². The number of rotatable bonds is 6. The third-order valence-electron chi connectivity index (χ3n) is 4.37. The van der Waals surface area contributed by atoms with Crippen LogP contribution in [0.2, 0.25) is 0 Å². The molecule has 3 rings (SSSR count). The summed E-state index contributed by atoms with van der Waals surface area (Å²) < 4.78 is 27.4. The SMILES string of the molecule is CCCc1cnc(-c2ccc(CCc3cc(F)c(C#N)c(F)c3)cc2)nc1. The van der Waals surface area contributed by atoms with Gasteiger partial charge in [-0.05, 0) is 48.1 Å². The number of hydrogen-bond donors (Lipinski definition) is 0.